The Morgan fingerprint density at radius 2 is 1.74 bits per heavy atom. The van der Waals surface area contributed by atoms with Gasteiger partial charge in [0, 0.05) is 69.8 Å². The third kappa shape index (κ3) is 6.39. The normalized spacial score (nSPS) is 46.6. The standard InChI is InChI=1S/C26H46ClN7O4S/c1-12-6-15(16-7-21(27)29-9-19(16)37-4)17(8-28-12)23(35)33-26-32-18-10-34(11-20(18)39-26)25(36)22-13(2)31-24(38-5)14(3)30-22/h12-22,24,26,28-32H,6-11H2,1-5H3,(H,33,35). The van der Waals surface area contributed by atoms with Crippen molar-refractivity contribution in [3.8, 4) is 0 Å². The van der Waals surface area contributed by atoms with Crippen molar-refractivity contribution in [3.05, 3.63) is 0 Å². The maximum atomic E-state index is 13.6. The van der Waals surface area contributed by atoms with Crippen LogP contribution in [0.2, 0.25) is 0 Å². The summed E-state index contributed by atoms with van der Waals surface area (Å²) in [5.74, 6) is 0.480. The average molecular weight is 588 g/mol. The molecule has 5 saturated heterocycles. The molecule has 13 unspecified atom stereocenters. The van der Waals surface area contributed by atoms with Crippen LogP contribution in [0.1, 0.15) is 33.6 Å². The van der Waals surface area contributed by atoms with Crippen LogP contribution in [0.15, 0.2) is 0 Å². The van der Waals surface area contributed by atoms with Crippen LogP contribution in [0.3, 0.4) is 0 Å². The Bertz CT molecular complexity index is 877. The second kappa shape index (κ2) is 12.7. The van der Waals surface area contributed by atoms with Gasteiger partial charge in [0.1, 0.15) is 17.8 Å². The van der Waals surface area contributed by atoms with E-state index < -0.39 is 0 Å². The van der Waals surface area contributed by atoms with E-state index >= 15 is 0 Å². The molecule has 222 valence electrons. The van der Waals surface area contributed by atoms with Gasteiger partial charge in [-0.3, -0.25) is 30.9 Å². The number of nitrogens with one attached hydrogen (secondary N) is 6. The van der Waals surface area contributed by atoms with Gasteiger partial charge in [0.15, 0.2) is 0 Å². The van der Waals surface area contributed by atoms with E-state index in [2.05, 4.69) is 38.8 Å². The second-order valence-electron chi connectivity index (χ2n) is 12.0. The maximum absolute atomic E-state index is 13.6. The van der Waals surface area contributed by atoms with Crippen LogP contribution < -0.4 is 31.9 Å². The fourth-order valence-corrected chi connectivity index (χ4v) is 8.92. The van der Waals surface area contributed by atoms with E-state index in [0.29, 0.717) is 32.2 Å². The van der Waals surface area contributed by atoms with Crippen molar-refractivity contribution in [2.24, 2.45) is 17.8 Å². The molecule has 5 aliphatic rings. The van der Waals surface area contributed by atoms with Gasteiger partial charge in [-0.2, -0.15) is 0 Å². The fraction of sp³-hybridized carbons (Fsp3) is 0.923. The number of hydrogen-bond donors (Lipinski definition) is 6. The van der Waals surface area contributed by atoms with Crippen LogP contribution in [-0.4, -0.2) is 116 Å². The van der Waals surface area contributed by atoms with Gasteiger partial charge in [-0.05, 0) is 45.4 Å². The summed E-state index contributed by atoms with van der Waals surface area (Å²) in [4.78, 5) is 29.0. The summed E-state index contributed by atoms with van der Waals surface area (Å²) in [6, 6.07) is 0.220. The van der Waals surface area contributed by atoms with Gasteiger partial charge in [-0.1, -0.05) is 0 Å². The van der Waals surface area contributed by atoms with E-state index in [1.54, 1.807) is 26.0 Å². The van der Waals surface area contributed by atoms with Crippen LogP contribution in [0.4, 0.5) is 0 Å². The van der Waals surface area contributed by atoms with E-state index in [-0.39, 0.29) is 82.3 Å². The zero-order chi connectivity index (χ0) is 27.8. The van der Waals surface area contributed by atoms with Crippen LogP contribution >= 0.6 is 23.4 Å². The minimum Gasteiger partial charge on any atom is -0.380 e. The zero-order valence-electron chi connectivity index (χ0n) is 23.6. The Morgan fingerprint density at radius 1 is 0.949 bits per heavy atom. The number of ether oxygens (including phenoxy) is 2. The lowest BCUT2D eigenvalue weighted by atomic mass is 9.70. The highest BCUT2D eigenvalue weighted by Crippen LogP contribution is 2.38. The summed E-state index contributed by atoms with van der Waals surface area (Å²) >= 11 is 8.20. The predicted octanol–water partition coefficient (Wildman–Crippen LogP) is -0.583. The van der Waals surface area contributed by atoms with Crippen molar-refractivity contribution in [2.75, 3.05) is 40.4 Å². The van der Waals surface area contributed by atoms with Gasteiger partial charge >= 0.3 is 0 Å². The number of methoxy groups -OCH3 is 2. The minimum absolute atomic E-state index is 0.0294. The van der Waals surface area contributed by atoms with Crippen LogP contribution in [0.5, 0.6) is 0 Å². The molecule has 0 saturated carbocycles. The number of carbonyl (C=O) groups excluding carboxylic acids is 2. The third-order valence-electron chi connectivity index (χ3n) is 9.39. The minimum atomic E-state index is -0.289. The van der Waals surface area contributed by atoms with Gasteiger partial charge in [0.25, 0.3) is 0 Å². The zero-order valence-corrected chi connectivity index (χ0v) is 25.2. The van der Waals surface area contributed by atoms with Crippen molar-refractivity contribution in [2.45, 2.75) is 92.4 Å². The molecule has 2 amide bonds. The molecule has 5 rings (SSSR count). The lowest BCUT2D eigenvalue weighted by molar-refractivity contribution is -0.135. The van der Waals surface area contributed by atoms with Crippen molar-refractivity contribution in [3.63, 3.8) is 0 Å². The monoisotopic (exact) mass is 587 g/mol. The molecule has 0 aliphatic carbocycles. The summed E-state index contributed by atoms with van der Waals surface area (Å²) in [6.07, 6.45) is 1.65. The van der Waals surface area contributed by atoms with Gasteiger partial charge < -0.3 is 25.0 Å². The summed E-state index contributed by atoms with van der Waals surface area (Å²) in [5, 5.41) is 20.8. The van der Waals surface area contributed by atoms with Crippen molar-refractivity contribution in [1.82, 2.24) is 36.8 Å². The fourth-order valence-electron chi connectivity index (χ4n) is 7.21. The molecule has 11 nitrogen and oxygen atoms in total. The number of alkyl halides is 1. The number of amides is 2. The molecule has 0 spiro atoms. The summed E-state index contributed by atoms with van der Waals surface area (Å²) in [7, 11) is 3.42. The quantitative estimate of drug-likeness (QED) is 0.177. The highest BCUT2D eigenvalue weighted by molar-refractivity contribution is 8.00. The summed E-state index contributed by atoms with van der Waals surface area (Å²) < 4.78 is 11.3. The van der Waals surface area contributed by atoms with Crippen LogP contribution in [-0.2, 0) is 19.1 Å². The Kier molecular flexibility index (Phi) is 9.67. The topological polar surface area (TPSA) is 128 Å². The van der Waals surface area contributed by atoms with Crippen LogP contribution in [0, 0.1) is 17.8 Å². The SMILES string of the molecule is COC1CNC(Cl)CC1C1CC(C)NCC1C(=O)NC1NC2CN(C(=O)C3NC(C)C(OC)NC3C)CC2S1. The third-order valence-corrected chi connectivity index (χ3v) is 11.1. The molecule has 13 heteroatoms. The molecule has 0 aromatic carbocycles. The van der Waals surface area contributed by atoms with Gasteiger partial charge in [-0.15, -0.1) is 23.4 Å². The Morgan fingerprint density at radius 3 is 2.46 bits per heavy atom. The largest absolute Gasteiger partial charge is 0.380 e. The van der Waals surface area contributed by atoms with E-state index in [9.17, 15) is 9.59 Å². The number of thioether (sulfide) groups is 1. The first-order chi connectivity index (χ1) is 18.7. The first-order valence-corrected chi connectivity index (χ1v) is 15.8. The number of rotatable bonds is 6. The van der Waals surface area contributed by atoms with E-state index in [1.807, 2.05) is 18.7 Å². The summed E-state index contributed by atoms with van der Waals surface area (Å²) in [6.45, 7) is 8.90. The Labute approximate surface area is 241 Å². The predicted molar refractivity (Wildman–Crippen MR) is 152 cm³/mol. The first-order valence-electron chi connectivity index (χ1n) is 14.4. The number of piperazine rings is 1. The maximum Gasteiger partial charge on any atom is 0.241 e. The van der Waals surface area contributed by atoms with E-state index in [1.165, 1.54) is 0 Å². The highest BCUT2D eigenvalue weighted by Gasteiger charge is 2.48. The van der Waals surface area contributed by atoms with E-state index in [0.717, 1.165) is 12.8 Å². The Hall–Kier alpha value is -0.700. The molecule has 0 bridgehead atoms. The molecule has 5 heterocycles. The summed E-state index contributed by atoms with van der Waals surface area (Å²) in [5.41, 5.74) is -0.257. The number of nitrogens with zero attached hydrogens (tertiary/aromatic N) is 1. The average Bonchev–Trinajstić information content (AvgIpc) is 3.48. The second-order valence-corrected chi connectivity index (χ2v) is 13.9. The van der Waals surface area contributed by atoms with E-state index in [4.69, 9.17) is 21.1 Å². The molecule has 13 atom stereocenters. The molecule has 39 heavy (non-hydrogen) atoms. The number of carbonyl (C=O) groups is 2. The van der Waals surface area contributed by atoms with Gasteiger partial charge in [0.2, 0.25) is 11.8 Å². The number of piperidine rings is 2. The van der Waals surface area contributed by atoms with Crippen molar-refractivity contribution >= 4 is 35.2 Å². The van der Waals surface area contributed by atoms with Crippen LogP contribution in [0.25, 0.3) is 0 Å². The van der Waals surface area contributed by atoms with Gasteiger partial charge in [-0.25, -0.2) is 0 Å². The molecular weight excluding hydrogens is 542 g/mol. The Balaban J connectivity index is 1.15. The molecular formula is C26H46ClN7O4S. The molecule has 0 radical (unpaired) electrons. The lowest BCUT2D eigenvalue weighted by Crippen LogP contribution is -2.68. The highest BCUT2D eigenvalue weighted by atomic mass is 35.5. The first kappa shape index (κ1) is 29.8. The number of likely N-dealkylation sites (tertiary alicyclic amines) is 1. The smallest absolute Gasteiger partial charge is 0.241 e. The molecule has 0 aromatic heterocycles. The van der Waals surface area contributed by atoms with Gasteiger partial charge in [0.05, 0.1) is 17.5 Å². The molecule has 5 fully saturated rings. The lowest BCUT2D eigenvalue weighted by Gasteiger charge is -2.45. The molecule has 0 aromatic rings. The molecule has 5 aliphatic heterocycles. The number of fused-ring (bicyclic) bond motifs is 1. The molecule has 6 N–H and O–H groups in total. The number of halogens is 1. The van der Waals surface area contributed by atoms with Crippen molar-refractivity contribution in [1.29, 1.82) is 0 Å². The van der Waals surface area contributed by atoms with Crippen molar-refractivity contribution < 1.29 is 19.1 Å². The number of hydrogen-bond acceptors (Lipinski definition) is 10.